The molecule has 1 saturated carbocycles. The zero-order valence-electron chi connectivity index (χ0n) is 12.9. The van der Waals surface area contributed by atoms with E-state index in [1.807, 2.05) is 6.92 Å². The molecule has 1 aliphatic rings. The second-order valence-electron chi connectivity index (χ2n) is 5.95. The van der Waals surface area contributed by atoms with E-state index in [0.29, 0.717) is 12.3 Å². The van der Waals surface area contributed by atoms with Crippen molar-refractivity contribution in [3.05, 3.63) is 0 Å². The molecular weight excluding hydrogens is 258 g/mol. The molecule has 20 heavy (non-hydrogen) atoms. The molecular formula is C15H23NO4. The maximum absolute atomic E-state index is 12.6. The van der Waals surface area contributed by atoms with Crippen LogP contribution in [0, 0.1) is 17.3 Å². The summed E-state index contributed by atoms with van der Waals surface area (Å²) in [6, 6.07) is 0. The molecule has 0 spiro atoms. The molecule has 1 aliphatic carbocycles. The molecule has 1 fully saturated rings. The van der Waals surface area contributed by atoms with Crippen molar-refractivity contribution in [1.29, 1.82) is 0 Å². The first-order valence-corrected chi connectivity index (χ1v) is 6.91. The molecule has 1 unspecified atom stereocenters. The number of rotatable bonds is 4. The monoisotopic (exact) mass is 281 g/mol. The minimum absolute atomic E-state index is 0.155. The van der Waals surface area contributed by atoms with Crippen LogP contribution in [0.2, 0.25) is 0 Å². The quantitative estimate of drug-likeness (QED) is 0.447. The van der Waals surface area contributed by atoms with Crippen LogP contribution in [0.1, 0.15) is 40.5 Å². The highest BCUT2D eigenvalue weighted by atomic mass is 16.5. The Morgan fingerprint density at radius 3 is 2.50 bits per heavy atom. The summed E-state index contributed by atoms with van der Waals surface area (Å²) in [5.41, 5.74) is -0.200. The summed E-state index contributed by atoms with van der Waals surface area (Å²) >= 11 is 0. The number of ether oxygens (including phenoxy) is 1. The van der Waals surface area contributed by atoms with E-state index in [0.717, 1.165) is 6.42 Å². The Labute approximate surface area is 119 Å². The SMILES string of the molecule is CCCN=C(C)C1C(=O)CC(C)(C)[C@@H](C(=O)OC)C1=O. The molecule has 1 rings (SSSR count). The lowest BCUT2D eigenvalue weighted by Crippen LogP contribution is -2.51. The third kappa shape index (κ3) is 3.14. The van der Waals surface area contributed by atoms with Crippen LogP contribution in [0.3, 0.4) is 0 Å². The van der Waals surface area contributed by atoms with E-state index < -0.39 is 23.2 Å². The number of hydrogen-bond donors (Lipinski definition) is 0. The molecule has 0 amide bonds. The third-order valence-corrected chi connectivity index (χ3v) is 3.74. The van der Waals surface area contributed by atoms with E-state index >= 15 is 0 Å². The van der Waals surface area contributed by atoms with Crippen molar-refractivity contribution in [3.8, 4) is 0 Å². The summed E-state index contributed by atoms with van der Waals surface area (Å²) in [4.78, 5) is 40.9. The van der Waals surface area contributed by atoms with Gasteiger partial charge in [0.15, 0.2) is 5.78 Å². The van der Waals surface area contributed by atoms with Crippen molar-refractivity contribution < 1.29 is 19.1 Å². The highest BCUT2D eigenvalue weighted by Gasteiger charge is 2.52. The Balaban J connectivity index is 3.14. The van der Waals surface area contributed by atoms with Gasteiger partial charge in [-0.2, -0.15) is 0 Å². The zero-order valence-corrected chi connectivity index (χ0v) is 12.9. The molecule has 0 saturated heterocycles. The van der Waals surface area contributed by atoms with Gasteiger partial charge in [-0.1, -0.05) is 20.8 Å². The Kier molecular flexibility index (Phi) is 5.20. The fourth-order valence-corrected chi connectivity index (χ4v) is 2.73. The molecule has 0 aromatic heterocycles. The normalized spacial score (nSPS) is 26.6. The van der Waals surface area contributed by atoms with Gasteiger partial charge in [0.2, 0.25) is 0 Å². The minimum atomic E-state index is -0.901. The predicted molar refractivity (Wildman–Crippen MR) is 75.7 cm³/mol. The predicted octanol–water partition coefficient (Wildman–Crippen LogP) is 1.83. The summed E-state index contributed by atoms with van der Waals surface area (Å²) in [5, 5.41) is 0. The van der Waals surface area contributed by atoms with Gasteiger partial charge in [-0.3, -0.25) is 19.4 Å². The second-order valence-corrected chi connectivity index (χ2v) is 5.95. The van der Waals surface area contributed by atoms with Crippen LogP contribution >= 0.6 is 0 Å². The van der Waals surface area contributed by atoms with E-state index in [1.54, 1.807) is 20.8 Å². The molecule has 0 aromatic rings. The lowest BCUT2D eigenvalue weighted by atomic mass is 9.63. The van der Waals surface area contributed by atoms with Crippen molar-refractivity contribution in [2.75, 3.05) is 13.7 Å². The zero-order chi connectivity index (χ0) is 15.5. The van der Waals surface area contributed by atoms with Crippen LogP contribution in [0.4, 0.5) is 0 Å². The van der Waals surface area contributed by atoms with Crippen molar-refractivity contribution >= 4 is 23.2 Å². The fourth-order valence-electron chi connectivity index (χ4n) is 2.73. The van der Waals surface area contributed by atoms with Gasteiger partial charge < -0.3 is 4.74 Å². The summed E-state index contributed by atoms with van der Waals surface area (Å²) in [6.07, 6.45) is 1.03. The van der Waals surface area contributed by atoms with E-state index in [1.165, 1.54) is 7.11 Å². The minimum Gasteiger partial charge on any atom is -0.468 e. The molecule has 5 nitrogen and oxygen atoms in total. The maximum atomic E-state index is 12.6. The average molecular weight is 281 g/mol. The molecule has 0 heterocycles. The van der Waals surface area contributed by atoms with Gasteiger partial charge in [0.25, 0.3) is 0 Å². The number of esters is 1. The van der Waals surface area contributed by atoms with E-state index in [9.17, 15) is 14.4 Å². The topological polar surface area (TPSA) is 72.8 Å². The summed E-state index contributed by atoms with van der Waals surface area (Å²) in [5.74, 6) is -2.89. The first-order chi connectivity index (χ1) is 9.26. The van der Waals surface area contributed by atoms with Crippen molar-refractivity contribution in [2.24, 2.45) is 22.2 Å². The maximum Gasteiger partial charge on any atom is 0.316 e. The summed E-state index contributed by atoms with van der Waals surface area (Å²) in [7, 11) is 1.26. The molecule has 0 aliphatic heterocycles. The number of hydrogen-bond acceptors (Lipinski definition) is 5. The number of carbonyl (C=O) groups excluding carboxylic acids is 3. The van der Waals surface area contributed by atoms with Crippen molar-refractivity contribution in [2.45, 2.75) is 40.5 Å². The Bertz CT molecular complexity index is 451. The first-order valence-electron chi connectivity index (χ1n) is 6.91. The van der Waals surface area contributed by atoms with Crippen molar-refractivity contribution in [1.82, 2.24) is 0 Å². The molecule has 0 bridgehead atoms. The van der Waals surface area contributed by atoms with Crippen LogP contribution < -0.4 is 0 Å². The van der Waals surface area contributed by atoms with Crippen molar-refractivity contribution in [3.63, 3.8) is 0 Å². The lowest BCUT2D eigenvalue weighted by molar-refractivity contribution is -0.159. The summed E-state index contributed by atoms with van der Waals surface area (Å²) in [6.45, 7) is 7.73. The second kappa shape index (κ2) is 6.29. The number of methoxy groups -OCH3 is 1. The largest absolute Gasteiger partial charge is 0.468 e. The van der Waals surface area contributed by atoms with Gasteiger partial charge in [0, 0.05) is 18.7 Å². The first kappa shape index (κ1) is 16.5. The molecule has 5 heteroatoms. The van der Waals surface area contributed by atoms with Gasteiger partial charge in [0.05, 0.1) is 7.11 Å². The molecule has 112 valence electrons. The number of nitrogens with zero attached hydrogens (tertiary/aromatic N) is 1. The number of aliphatic imine (C=N–C) groups is 1. The van der Waals surface area contributed by atoms with Crippen LogP contribution in [-0.4, -0.2) is 36.9 Å². The van der Waals surface area contributed by atoms with Gasteiger partial charge in [-0.25, -0.2) is 0 Å². The Morgan fingerprint density at radius 2 is 2.00 bits per heavy atom. The lowest BCUT2D eigenvalue weighted by Gasteiger charge is -2.38. The highest BCUT2D eigenvalue weighted by Crippen LogP contribution is 2.40. The van der Waals surface area contributed by atoms with Crippen LogP contribution in [0.15, 0.2) is 4.99 Å². The number of ketones is 2. The van der Waals surface area contributed by atoms with E-state index in [2.05, 4.69) is 4.99 Å². The smallest absolute Gasteiger partial charge is 0.316 e. The Hall–Kier alpha value is -1.52. The highest BCUT2D eigenvalue weighted by molar-refractivity contribution is 6.25. The van der Waals surface area contributed by atoms with Gasteiger partial charge in [0.1, 0.15) is 17.6 Å². The molecule has 2 atom stereocenters. The molecule has 0 N–H and O–H groups in total. The third-order valence-electron chi connectivity index (χ3n) is 3.74. The fraction of sp³-hybridized carbons (Fsp3) is 0.733. The van der Waals surface area contributed by atoms with Gasteiger partial charge in [-0.05, 0) is 18.8 Å². The van der Waals surface area contributed by atoms with Gasteiger partial charge >= 0.3 is 5.97 Å². The average Bonchev–Trinajstić information content (AvgIpc) is 2.34. The van der Waals surface area contributed by atoms with E-state index in [4.69, 9.17) is 4.74 Å². The standard InChI is InChI=1S/C15H23NO4/c1-6-7-16-9(2)11-10(17)8-15(3,4)12(13(11)18)14(19)20-5/h11-12H,6-8H2,1-5H3/t11?,12-/m1/s1. The molecule has 0 radical (unpaired) electrons. The van der Waals surface area contributed by atoms with Crippen LogP contribution in [0.25, 0.3) is 0 Å². The number of carbonyl (C=O) groups is 3. The number of Topliss-reactive ketones (excluding diaryl/α,β-unsaturated/α-hetero) is 2. The van der Waals surface area contributed by atoms with Crippen LogP contribution in [0.5, 0.6) is 0 Å². The summed E-state index contributed by atoms with van der Waals surface area (Å²) < 4.78 is 4.73. The van der Waals surface area contributed by atoms with Gasteiger partial charge in [-0.15, -0.1) is 0 Å². The van der Waals surface area contributed by atoms with E-state index in [-0.39, 0.29) is 18.0 Å². The Morgan fingerprint density at radius 1 is 1.40 bits per heavy atom. The molecule has 0 aromatic carbocycles. The van der Waals surface area contributed by atoms with Crippen LogP contribution in [-0.2, 0) is 19.1 Å².